The summed E-state index contributed by atoms with van der Waals surface area (Å²) in [5, 5.41) is 1.20. The third-order valence-corrected chi connectivity index (χ3v) is 17.9. The third kappa shape index (κ3) is 8.25. The van der Waals surface area contributed by atoms with E-state index in [1.165, 1.54) is 89.3 Å². The molecule has 6 aromatic rings. The Bertz CT molecular complexity index is 3130. The highest BCUT2D eigenvalue weighted by Gasteiger charge is 2.49. The number of methoxy groups -OCH3 is 2. The molecule has 2 atom stereocenters. The van der Waals surface area contributed by atoms with Crippen LogP contribution in [-0.4, -0.2) is 27.0 Å². The molecule has 1 aromatic heterocycles. The Morgan fingerprint density at radius 3 is 1.94 bits per heavy atom. The van der Waals surface area contributed by atoms with Crippen LogP contribution in [0.15, 0.2) is 95.1 Å². The zero-order valence-electron chi connectivity index (χ0n) is 47.3. The average Bonchev–Trinajstić information content (AvgIpc) is 3.70. The first-order valence-electron chi connectivity index (χ1n) is 27.3. The van der Waals surface area contributed by atoms with Gasteiger partial charge in [0, 0.05) is 47.4 Å². The van der Waals surface area contributed by atoms with Crippen LogP contribution in [0.2, 0.25) is 0 Å². The molecule has 0 amide bonds. The van der Waals surface area contributed by atoms with Crippen LogP contribution in [0.1, 0.15) is 186 Å². The third-order valence-electron chi connectivity index (χ3n) is 17.9. The summed E-state index contributed by atoms with van der Waals surface area (Å²) in [5.74, 6) is 1.74. The second-order valence-corrected chi connectivity index (χ2v) is 26.6. The number of hydrogen-bond donors (Lipinski definition) is 0. The predicted octanol–water partition coefficient (Wildman–Crippen LogP) is 16.1. The minimum atomic E-state index is -0.135. The van der Waals surface area contributed by atoms with Crippen LogP contribution in [0.25, 0.3) is 11.0 Å². The summed E-state index contributed by atoms with van der Waals surface area (Å²) in [6.07, 6.45) is 8.41. The van der Waals surface area contributed by atoms with Gasteiger partial charge in [0.1, 0.15) is 5.58 Å². The van der Waals surface area contributed by atoms with E-state index in [2.05, 4.69) is 206 Å². The average molecular weight is 963 g/mol. The van der Waals surface area contributed by atoms with Crippen molar-refractivity contribution >= 4 is 68.4 Å². The van der Waals surface area contributed by atoms with Crippen LogP contribution < -0.4 is 26.4 Å². The van der Waals surface area contributed by atoms with Gasteiger partial charge in [-0.25, -0.2) is 0 Å². The van der Waals surface area contributed by atoms with Gasteiger partial charge in [0.25, 0.3) is 6.71 Å². The molecule has 5 aromatic carbocycles. The molecule has 2 aliphatic carbocycles. The van der Waals surface area contributed by atoms with Gasteiger partial charge in [0.05, 0.1) is 30.3 Å². The van der Waals surface area contributed by atoms with Crippen molar-refractivity contribution in [2.24, 2.45) is 5.92 Å². The summed E-state index contributed by atoms with van der Waals surface area (Å²) >= 11 is 0. The fourth-order valence-electron chi connectivity index (χ4n) is 13.1. The number of nitrogens with zero attached hydrogens (tertiary/aromatic N) is 2. The maximum absolute atomic E-state index is 7.67. The Kier molecular flexibility index (Phi) is 12.2. The van der Waals surface area contributed by atoms with Gasteiger partial charge in [-0.05, 0) is 194 Å². The number of allylic oxidation sites excluding steroid dienone is 1. The van der Waals surface area contributed by atoms with Gasteiger partial charge in [0.15, 0.2) is 0 Å². The molecule has 2 unspecified atom stereocenters. The number of furan rings is 1. The van der Waals surface area contributed by atoms with Gasteiger partial charge >= 0.3 is 0 Å². The molecule has 0 radical (unpaired) electrons. The van der Waals surface area contributed by atoms with Crippen LogP contribution in [0.4, 0.5) is 34.1 Å². The van der Waals surface area contributed by atoms with Gasteiger partial charge in [-0.1, -0.05) is 128 Å². The van der Waals surface area contributed by atoms with Crippen molar-refractivity contribution in [1.29, 1.82) is 0 Å². The van der Waals surface area contributed by atoms with E-state index in [-0.39, 0.29) is 39.9 Å². The maximum Gasteiger partial charge on any atom is 0.297 e. The van der Waals surface area contributed by atoms with Gasteiger partial charge < -0.3 is 23.7 Å². The topological polar surface area (TPSA) is 38.1 Å². The second-order valence-electron chi connectivity index (χ2n) is 26.6. The van der Waals surface area contributed by atoms with E-state index in [0.717, 1.165) is 61.2 Å². The molecule has 0 bridgehead atoms. The Hall–Kier alpha value is -5.20. The van der Waals surface area contributed by atoms with Crippen LogP contribution >= 0.6 is 0 Å². The lowest BCUT2D eigenvalue weighted by Crippen LogP contribution is -2.61. The smallest absolute Gasteiger partial charge is 0.297 e. The van der Waals surface area contributed by atoms with Crippen molar-refractivity contribution in [2.75, 3.05) is 24.0 Å². The molecule has 0 fully saturated rings. The largest absolute Gasteiger partial charge is 0.501 e. The zero-order valence-corrected chi connectivity index (χ0v) is 47.3. The molecule has 0 spiro atoms. The second kappa shape index (κ2) is 17.5. The van der Waals surface area contributed by atoms with E-state index < -0.39 is 0 Å². The highest BCUT2D eigenvalue weighted by molar-refractivity contribution is 7.00. The lowest BCUT2D eigenvalue weighted by atomic mass is 9.35. The van der Waals surface area contributed by atoms with Crippen molar-refractivity contribution in [3.05, 3.63) is 135 Å². The molecular weight excluding hydrogens is 880 g/mol. The molecular formula is C66H83BN2O3. The van der Waals surface area contributed by atoms with Crippen molar-refractivity contribution < 1.29 is 13.9 Å². The van der Waals surface area contributed by atoms with Crippen LogP contribution in [0, 0.1) is 12.8 Å². The fourth-order valence-corrected chi connectivity index (χ4v) is 13.1. The van der Waals surface area contributed by atoms with Gasteiger partial charge in [-0.2, -0.15) is 0 Å². The number of fused-ring (bicyclic) bond motifs is 7. The molecule has 2 aliphatic heterocycles. The van der Waals surface area contributed by atoms with E-state index >= 15 is 0 Å². The molecule has 0 N–H and O–H groups in total. The quantitative estimate of drug-likeness (QED) is 0.135. The van der Waals surface area contributed by atoms with Crippen molar-refractivity contribution in [1.82, 2.24) is 0 Å². The molecule has 378 valence electrons. The summed E-state index contributed by atoms with van der Waals surface area (Å²) in [5.41, 5.74) is 22.9. The summed E-state index contributed by atoms with van der Waals surface area (Å²) in [4.78, 5) is 5.21. The first kappa shape index (κ1) is 50.3. The fraction of sp³-hybridized carbons (Fsp3) is 0.485. The van der Waals surface area contributed by atoms with E-state index in [9.17, 15) is 0 Å². The van der Waals surface area contributed by atoms with Gasteiger partial charge in [-0.15, -0.1) is 0 Å². The normalized spacial score (nSPS) is 19.3. The van der Waals surface area contributed by atoms with Crippen molar-refractivity contribution in [3.63, 3.8) is 0 Å². The number of anilines is 6. The van der Waals surface area contributed by atoms with Crippen LogP contribution in [0.3, 0.4) is 0 Å². The Morgan fingerprint density at radius 2 is 1.35 bits per heavy atom. The number of rotatable bonds is 9. The Morgan fingerprint density at radius 1 is 0.722 bits per heavy atom. The minimum absolute atomic E-state index is 0.0101. The Balaban J connectivity index is 1.28. The number of benzene rings is 5. The first-order chi connectivity index (χ1) is 33.8. The summed E-state index contributed by atoms with van der Waals surface area (Å²) < 4.78 is 19.4. The highest BCUT2D eigenvalue weighted by Crippen LogP contribution is 2.53. The number of ether oxygens (including phenoxy) is 2. The zero-order chi connectivity index (χ0) is 51.8. The van der Waals surface area contributed by atoms with E-state index in [0.29, 0.717) is 11.8 Å². The van der Waals surface area contributed by atoms with Crippen molar-refractivity contribution in [2.45, 2.75) is 188 Å². The van der Waals surface area contributed by atoms with Crippen LogP contribution in [0.5, 0.6) is 0 Å². The summed E-state index contributed by atoms with van der Waals surface area (Å²) in [6.45, 7) is 38.1. The number of aryl methyl sites for hydroxylation is 1. The first-order valence-corrected chi connectivity index (χ1v) is 27.3. The van der Waals surface area contributed by atoms with Crippen LogP contribution in [-0.2, 0) is 43.0 Å². The van der Waals surface area contributed by atoms with E-state index in [1.807, 2.05) is 7.11 Å². The minimum Gasteiger partial charge on any atom is -0.501 e. The predicted molar refractivity (Wildman–Crippen MR) is 307 cm³/mol. The standard InChI is InChI=1S/C66H83BN2O3/c1-19-64(11,12)49-37-53-54(36-46(49)39(2)3)68(44-25-27-48(62(5,6)7)50(33-44)63(8,9)10)55-30-40(4)31-56-59(55)67(53)61-60(47-35-51-52(38-58(47)72-61)66(15,16)29-28-65(51,13)14)69(56)43-23-20-41(21-24-43)32-42-22-26-45(70-17)34-57(42)71-18/h20-21,23-27,30-31,33,35-39,42,57H,19,22,28-29,32,34H2,1-18H3. The summed E-state index contributed by atoms with van der Waals surface area (Å²) in [7, 11) is 3.61. The molecule has 6 heteroatoms. The molecule has 3 heterocycles. The maximum atomic E-state index is 7.67. The molecule has 4 aliphatic rings. The SMILES string of the molecule is CCC(C)(C)c1cc2c(cc1C(C)C)N(c1ccc(C(C)(C)C)c(C(C)(C)C)c1)c1cc(C)cc3c1B2c1oc2cc4c(cc2c1N3c1ccc(CC2CC=C(OC)CC2OC)cc1)C(C)(C)CCC4(C)C. The van der Waals surface area contributed by atoms with Gasteiger partial charge in [0.2, 0.25) is 0 Å². The molecule has 10 rings (SSSR count). The molecule has 0 saturated carbocycles. The highest BCUT2D eigenvalue weighted by atomic mass is 16.5. The van der Waals surface area contributed by atoms with Gasteiger partial charge in [-0.3, -0.25) is 0 Å². The monoisotopic (exact) mass is 963 g/mol. The van der Waals surface area contributed by atoms with E-state index in [1.54, 1.807) is 7.11 Å². The molecule has 5 nitrogen and oxygen atoms in total. The Labute approximate surface area is 433 Å². The lowest BCUT2D eigenvalue weighted by molar-refractivity contribution is 0.0341. The molecule has 0 saturated heterocycles. The summed E-state index contributed by atoms with van der Waals surface area (Å²) in [6, 6.07) is 31.9. The molecule has 72 heavy (non-hydrogen) atoms. The number of hydrogen-bond acceptors (Lipinski definition) is 5. The van der Waals surface area contributed by atoms with E-state index in [4.69, 9.17) is 13.9 Å². The van der Waals surface area contributed by atoms with Crippen molar-refractivity contribution in [3.8, 4) is 0 Å². The lowest BCUT2D eigenvalue weighted by Gasteiger charge is -2.44.